The van der Waals surface area contributed by atoms with Gasteiger partial charge in [-0.05, 0) is 25.1 Å². The summed E-state index contributed by atoms with van der Waals surface area (Å²) in [7, 11) is 0. The minimum atomic E-state index is -0.720. The number of halogens is 2. The molecule has 4 nitrogen and oxygen atoms in total. The van der Waals surface area contributed by atoms with Gasteiger partial charge in [0.15, 0.2) is 0 Å². The lowest BCUT2D eigenvalue weighted by Crippen LogP contribution is -2.21. The zero-order valence-corrected chi connectivity index (χ0v) is 14.3. The van der Waals surface area contributed by atoms with E-state index in [9.17, 15) is 9.59 Å². The first-order valence-corrected chi connectivity index (χ1v) is 8.14. The maximum Gasteiger partial charge on any atom is 0.242 e. The number of carbonyl (C=O) groups excluding carboxylic acids is 2. The lowest BCUT2D eigenvalue weighted by molar-refractivity contribution is -0.115. The minimum absolute atomic E-state index is 0.222. The van der Waals surface area contributed by atoms with Crippen molar-refractivity contribution in [3.05, 3.63) is 64.8 Å². The Kier molecular flexibility index (Phi) is 4.60. The molecule has 1 amide bonds. The first kappa shape index (κ1) is 16.6. The Labute approximate surface area is 148 Å². The van der Waals surface area contributed by atoms with E-state index in [2.05, 4.69) is 10.3 Å². The van der Waals surface area contributed by atoms with Crippen LogP contribution in [0.15, 0.2) is 48.5 Å². The molecule has 2 N–H and O–H groups in total. The van der Waals surface area contributed by atoms with E-state index in [1.165, 1.54) is 0 Å². The summed E-state index contributed by atoms with van der Waals surface area (Å²) in [6, 6.07) is 14.0. The Morgan fingerprint density at radius 1 is 1.12 bits per heavy atom. The Balaban J connectivity index is 2.15. The number of carbonyl (C=O) groups is 2. The van der Waals surface area contributed by atoms with Crippen molar-refractivity contribution in [3.8, 4) is 0 Å². The molecule has 2 aromatic carbocycles. The van der Waals surface area contributed by atoms with Crippen LogP contribution in [0.1, 0.15) is 23.0 Å². The van der Waals surface area contributed by atoms with E-state index in [4.69, 9.17) is 23.2 Å². The second-order valence-corrected chi connectivity index (χ2v) is 6.46. The van der Waals surface area contributed by atoms with Crippen molar-refractivity contribution in [1.82, 2.24) is 4.98 Å². The van der Waals surface area contributed by atoms with Gasteiger partial charge in [-0.3, -0.25) is 9.59 Å². The number of benzene rings is 2. The van der Waals surface area contributed by atoms with E-state index in [0.29, 0.717) is 32.9 Å². The van der Waals surface area contributed by atoms with E-state index in [0.717, 1.165) is 0 Å². The van der Waals surface area contributed by atoms with E-state index < -0.39 is 5.38 Å². The molecule has 1 aromatic heterocycles. The number of aromatic amines is 1. The van der Waals surface area contributed by atoms with Crippen molar-refractivity contribution in [2.75, 3.05) is 5.32 Å². The predicted molar refractivity (Wildman–Crippen MR) is 97.1 cm³/mol. The van der Waals surface area contributed by atoms with Gasteiger partial charge in [0.1, 0.15) is 11.1 Å². The number of hydrogen-bond donors (Lipinski definition) is 2. The van der Waals surface area contributed by atoms with Crippen LogP contribution >= 0.6 is 23.2 Å². The number of rotatable bonds is 4. The highest BCUT2D eigenvalue weighted by Crippen LogP contribution is 2.31. The molecule has 0 aliphatic rings. The van der Waals surface area contributed by atoms with Crippen LogP contribution in [0.5, 0.6) is 0 Å². The number of fused-ring (bicyclic) bond motifs is 1. The lowest BCUT2D eigenvalue weighted by Gasteiger charge is -2.08. The molecule has 0 aliphatic heterocycles. The van der Waals surface area contributed by atoms with Gasteiger partial charge in [0.25, 0.3) is 0 Å². The van der Waals surface area contributed by atoms with Gasteiger partial charge in [0, 0.05) is 21.5 Å². The molecule has 0 saturated carbocycles. The summed E-state index contributed by atoms with van der Waals surface area (Å²) < 4.78 is 0. The SMILES string of the molecule is CC(Cl)C(=O)Nc1c(C(=O)c2ccccc2)[nH]c2cc(Cl)ccc12. The molecular formula is C18H14Cl2N2O2. The third kappa shape index (κ3) is 3.16. The molecule has 6 heteroatoms. The smallest absolute Gasteiger partial charge is 0.242 e. The van der Waals surface area contributed by atoms with Gasteiger partial charge in [-0.15, -0.1) is 11.6 Å². The first-order valence-electron chi connectivity index (χ1n) is 7.33. The van der Waals surface area contributed by atoms with Crippen LogP contribution in [0.3, 0.4) is 0 Å². The third-order valence-electron chi connectivity index (χ3n) is 3.63. The molecule has 1 heterocycles. The molecule has 0 bridgehead atoms. The second-order valence-electron chi connectivity index (χ2n) is 5.37. The first-order chi connectivity index (χ1) is 11.5. The fraction of sp³-hybridized carbons (Fsp3) is 0.111. The van der Waals surface area contributed by atoms with Gasteiger partial charge in [-0.25, -0.2) is 0 Å². The predicted octanol–water partition coefficient (Wildman–Crippen LogP) is 4.62. The molecule has 0 radical (unpaired) electrons. The van der Waals surface area contributed by atoms with Crippen LogP contribution in [-0.2, 0) is 4.79 Å². The van der Waals surface area contributed by atoms with Crippen molar-refractivity contribution < 1.29 is 9.59 Å². The summed E-state index contributed by atoms with van der Waals surface area (Å²) in [5.74, 6) is -0.602. The summed E-state index contributed by atoms with van der Waals surface area (Å²) in [6.45, 7) is 1.57. The van der Waals surface area contributed by atoms with Crippen LogP contribution in [-0.4, -0.2) is 22.1 Å². The zero-order chi connectivity index (χ0) is 17.3. The fourth-order valence-electron chi connectivity index (χ4n) is 2.43. The zero-order valence-electron chi connectivity index (χ0n) is 12.8. The molecule has 1 unspecified atom stereocenters. The monoisotopic (exact) mass is 360 g/mol. The van der Waals surface area contributed by atoms with Crippen molar-refractivity contribution in [2.45, 2.75) is 12.3 Å². The highest BCUT2D eigenvalue weighted by molar-refractivity contribution is 6.33. The van der Waals surface area contributed by atoms with Gasteiger partial charge < -0.3 is 10.3 Å². The van der Waals surface area contributed by atoms with Crippen LogP contribution in [0.2, 0.25) is 5.02 Å². The maximum absolute atomic E-state index is 12.8. The topological polar surface area (TPSA) is 62.0 Å². The van der Waals surface area contributed by atoms with E-state index >= 15 is 0 Å². The number of alkyl halides is 1. The molecule has 0 saturated heterocycles. The van der Waals surface area contributed by atoms with Crippen LogP contribution in [0.25, 0.3) is 10.9 Å². The Bertz CT molecular complexity index is 917. The molecular weight excluding hydrogens is 347 g/mol. The van der Waals surface area contributed by atoms with E-state index in [1.807, 2.05) is 6.07 Å². The number of anilines is 1. The van der Waals surface area contributed by atoms with Crippen LogP contribution in [0.4, 0.5) is 5.69 Å². The number of H-pyrrole nitrogens is 1. The normalized spacial score (nSPS) is 12.1. The molecule has 0 aliphatic carbocycles. The Morgan fingerprint density at radius 2 is 1.83 bits per heavy atom. The largest absolute Gasteiger partial charge is 0.350 e. The molecule has 3 aromatic rings. The summed E-state index contributed by atoms with van der Waals surface area (Å²) in [5.41, 5.74) is 1.89. The number of hydrogen-bond acceptors (Lipinski definition) is 2. The molecule has 0 fully saturated rings. The molecule has 122 valence electrons. The summed E-state index contributed by atoms with van der Waals surface area (Å²) in [6.07, 6.45) is 0. The lowest BCUT2D eigenvalue weighted by atomic mass is 10.1. The maximum atomic E-state index is 12.8. The molecule has 0 spiro atoms. The average molecular weight is 361 g/mol. The second kappa shape index (κ2) is 6.67. The van der Waals surface area contributed by atoms with E-state index in [-0.39, 0.29) is 11.7 Å². The number of aromatic nitrogens is 1. The number of ketones is 1. The van der Waals surface area contributed by atoms with Crippen LogP contribution < -0.4 is 5.32 Å². The van der Waals surface area contributed by atoms with E-state index in [1.54, 1.807) is 49.4 Å². The van der Waals surface area contributed by atoms with Gasteiger partial charge in [0.2, 0.25) is 11.7 Å². The van der Waals surface area contributed by atoms with Gasteiger partial charge >= 0.3 is 0 Å². The van der Waals surface area contributed by atoms with Crippen molar-refractivity contribution in [1.29, 1.82) is 0 Å². The van der Waals surface area contributed by atoms with Gasteiger partial charge in [0.05, 0.1) is 5.69 Å². The third-order valence-corrected chi connectivity index (χ3v) is 4.07. The Morgan fingerprint density at radius 3 is 2.50 bits per heavy atom. The summed E-state index contributed by atoms with van der Waals surface area (Å²) in [4.78, 5) is 27.9. The molecule has 1 atom stereocenters. The quantitative estimate of drug-likeness (QED) is 0.526. The molecule has 24 heavy (non-hydrogen) atoms. The standard InChI is InChI=1S/C18H14Cl2N2O2/c1-10(19)18(24)22-15-13-8-7-12(20)9-14(13)21-16(15)17(23)11-5-3-2-4-6-11/h2-10,21H,1H3,(H,22,24). The minimum Gasteiger partial charge on any atom is -0.350 e. The Hall–Kier alpha value is -2.30. The number of amides is 1. The fourth-order valence-corrected chi connectivity index (χ4v) is 2.65. The average Bonchev–Trinajstić information content (AvgIpc) is 2.92. The summed E-state index contributed by atoms with van der Waals surface area (Å²) >= 11 is 11.9. The molecule has 3 rings (SSSR count). The highest BCUT2D eigenvalue weighted by atomic mass is 35.5. The highest BCUT2D eigenvalue weighted by Gasteiger charge is 2.22. The van der Waals surface area contributed by atoms with Gasteiger partial charge in [-0.2, -0.15) is 0 Å². The van der Waals surface area contributed by atoms with Crippen LogP contribution in [0, 0.1) is 0 Å². The van der Waals surface area contributed by atoms with Crippen molar-refractivity contribution in [2.24, 2.45) is 0 Å². The summed E-state index contributed by atoms with van der Waals surface area (Å²) in [5, 5.41) is 3.25. The van der Waals surface area contributed by atoms with Crippen molar-refractivity contribution >= 4 is 51.5 Å². The number of nitrogens with one attached hydrogen (secondary N) is 2. The van der Waals surface area contributed by atoms with Crippen molar-refractivity contribution in [3.63, 3.8) is 0 Å². The van der Waals surface area contributed by atoms with Gasteiger partial charge in [-0.1, -0.05) is 41.9 Å².